The summed E-state index contributed by atoms with van der Waals surface area (Å²) < 4.78 is 0. The largest absolute Gasteiger partial charge is 0.396 e. The molecule has 1 saturated carbocycles. The fourth-order valence-corrected chi connectivity index (χ4v) is 2.33. The van der Waals surface area contributed by atoms with Crippen LogP contribution in [0.5, 0.6) is 0 Å². The lowest BCUT2D eigenvalue weighted by Gasteiger charge is -2.15. The first kappa shape index (κ1) is 13.4. The van der Waals surface area contributed by atoms with Crippen molar-refractivity contribution in [3.05, 3.63) is 34.3 Å². The smallest absolute Gasteiger partial charge is 0.252 e. The maximum absolute atomic E-state index is 12.0. The summed E-state index contributed by atoms with van der Waals surface area (Å²) in [6.07, 6.45) is 2.92. The molecule has 4 heteroatoms. The van der Waals surface area contributed by atoms with Gasteiger partial charge in [0, 0.05) is 13.2 Å². The number of hydrogen-bond donors (Lipinski definition) is 2. The van der Waals surface area contributed by atoms with Crippen molar-refractivity contribution in [1.29, 1.82) is 0 Å². The van der Waals surface area contributed by atoms with E-state index >= 15 is 0 Å². The molecule has 0 heterocycles. The van der Waals surface area contributed by atoms with Crippen molar-refractivity contribution in [2.45, 2.75) is 26.2 Å². The Morgan fingerprint density at radius 2 is 2.22 bits per heavy atom. The first-order valence-corrected chi connectivity index (χ1v) is 6.60. The minimum absolute atomic E-state index is 0.126. The van der Waals surface area contributed by atoms with Crippen LogP contribution in [-0.4, -0.2) is 24.2 Å². The van der Waals surface area contributed by atoms with Gasteiger partial charge in [0.05, 0.1) is 10.6 Å². The Morgan fingerprint density at radius 1 is 1.50 bits per heavy atom. The number of aliphatic hydroxyl groups is 1. The minimum Gasteiger partial charge on any atom is -0.396 e. The van der Waals surface area contributed by atoms with Crippen LogP contribution in [0.2, 0.25) is 5.02 Å². The quantitative estimate of drug-likeness (QED) is 0.861. The number of halogens is 1. The Hall–Kier alpha value is -1.06. The third-order valence-electron chi connectivity index (χ3n) is 3.66. The number of benzene rings is 1. The molecule has 3 nitrogen and oxygen atoms in total. The molecule has 1 aromatic rings. The number of aryl methyl sites for hydroxylation is 1. The van der Waals surface area contributed by atoms with Crippen molar-refractivity contribution in [3.63, 3.8) is 0 Å². The van der Waals surface area contributed by atoms with E-state index in [1.54, 1.807) is 6.07 Å². The summed E-state index contributed by atoms with van der Waals surface area (Å²) in [5.41, 5.74) is 1.55. The monoisotopic (exact) mass is 267 g/mol. The molecular formula is C14H18ClNO2. The number of carbonyl (C=O) groups is 1. The Balaban J connectivity index is 1.98. The second-order valence-electron chi connectivity index (χ2n) is 5.09. The van der Waals surface area contributed by atoms with E-state index in [2.05, 4.69) is 5.32 Å². The Bertz CT molecular complexity index is 455. The van der Waals surface area contributed by atoms with Crippen LogP contribution in [0.15, 0.2) is 18.2 Å². The van der Waals surface area contributed by atoms with E-state index < -0.39 is 0 Å². The summed E-state index contributed by atoms with van der Waals surface area (Å²) in [5, 5.41) is 12.4. The average molecular weight is 268 g/mol. The Kier molecular flexibility index (Phi) is 3.93. The zero-order valence-electron chi connectivity index (χ0n) is 10.5. The molecule has 2 N–H and O–H groups in total. The minimum atomic E-state index is -0.132. The number of hydrogen-bond acceptors (Lipinski definition) is 2. The van der Waals surface area contributed by atoms with Crippen molar-refractivity contribution < 1.29 is 9.90 Å². The van der Waals surface area contributed by atoms with E-state index in [0.29, 0.717) is 17.1 Å². The molecule has 0 aliphatic heterocycles. The van der Waals surface area contributed by atoms with Gasteiger partial charge in [-0.3, -0.25) is 4.79 Å². The van der Waals surface area contributed by atoms with Gasteiger partial charge in [-0.2, -0.15) is 0 Å². The molecular weight excluding hydrogens is 250 g/mol. The highest BCUT2D eigenvalue weighted by molar-refractivity contribution is 6.34. The number of amides is 1. The summed E-state index contributed by atoms with van der Waals surface area (Å²) in [6, 6.07) is 5.44. The summed E-state index contributed by atoms with van der Waals surface area (Å²) in [5.74, 6) is -0.132. The molecule has 98 valence electrons. The molecule has 1 aliphatic carbocycles. The van der Waals surface area contributed by atoms with Crippen LogP contribution in [0.1, 0.15) is 35.2 Å². The summed E-state index contributed by atoms with van der Waals surface area (Å²) in [4.78, 5) is 12.0. The number of aliphatic hydroxyl groups excluding tert-OH is 1. The highest BCUT2D eigenvalue weighted by Crippen LogP contribution is 2.47. The predicted octanol–water partition coefficient (Wildman–Crippen LogP) is 2.54. The van der Waals surface area contributed by atoms with Crippen molar-refractivity contribution in [3.8, 4) is 0 Å². The van der Waals surface area contributed by atoms with Gasteiger partial charge >= 0.3 is 0 Å². The molecule has 0 bridgehead atoms. The molecule has 2 rings (SSSR count). The van der Waals surface area contributed by atoms with Crippen molar-refractivity contribution in [2.24, 2.45) is 5.41 Å². The van der Waals surface area contributed by atoms with Gasteiger partial charge < -0.3 is 10.4 Å². The molecule has 0 aromatic heterocycles. The molecule has 0 atom stereocenters. The summed E-state index contributed by atoms with van der Waals surface area (Å²) in [7, 11) is 0. The van der Waals surface area contributed by atoms with Gasteiger partial charge in [-0.1, -0.05) is 23.7 Å². The van der Waals surface area contributed by atoms with E-state index in [0.717, 1.165) is 24.8 Å². The van der Waals surface area contributed by atoms with E-state index in [1.165, 1.54) is 0 Å². The van der Waals surface area contributed by atoms with Crippen molar-refractivity contribution in [2.75, 3.05) is 13.2 Å². The van der Waals surface area contributed by atoms with Crippen LogP contribution in [0.4, 0.5) is 0 Å². The molecule has 0 spiro atoms. The highest BCUT2D eigenvalue weighted by Gasteiger charge is 2.41. The molecule has 0 radical (unpaired) electrons. The lowest BCUT2D eigenvalue weighted by Crippen LogP contribution is -2.31. The first-order chi connectivity index (χ1) is 8.58. The van der Waals surface area contributed by atoms with Crippen LogP contribution in [0.3, 0.4) is 0 Å². The highest BCUT2D eigenvalue weighted by atomic mass is 35.5. The predicted molar refractivity (Wildman–Crippen MR) is 71.9 cm³/mol. The van der Waals surface area contributed by atoms with Crippen molar-refractivity contribution >= 4 is 17.5 Å². The van der Waals surface area contributed by atoms with Gasteiger partial charge in [-0.25, -0.2) is 0 Å². The lowest BCUT2D eigenvalue weighted by molar-refractivity contribution is 0.0941. The van der Waals surface area contributed by atoms with Gasteiger partial charge in [-0.05, 0) is 43.2 Å². The molecule has 0 unspecified atom stereocenters. The number of carbonyl (C=O) groups excluding carboxylic acids is 1. The summed E-state index contributed by atoms with van der Waals surface area (Å²) in [6.45, 7) is 2.69. The standard InChI is InChI=1S/C14H18ClNO2/c1-10-3-2-4-11(12(10)15)13(18)16-9-14(5-6-14)7-8-17/h2-4,17H,5-9H2,1H3,(H,16,18). The van der Waals surface area contributed by atoms with Gasteiger partial charge in [0.2, 0.25) is 0 Å². The topological polar surface area (TPSA) is 49.3 Å². The number of nitrogens with one attached hydrogen (secondary N) is 1. The Morgan fingerprint density at radius 3 is 2.83 bits per heavy atom. The average Bonchev–Trinajstić information content (AvgIpc) is 3.11. The normalized spacial score (nSPS) is 16.4. The molecule has 1 aliphatic rings. The third-order valence-corrected chi connectivity index (χ3v) is 4.16. The van der Waals surface area contributed by atoms with E-state index in [4.69, 9.17) is 16.7 Å². The lowest BCUT2D eigenvalue weighted by atomic mass is 10.0. The maximum Gasteiger partial charge on any atom is 0.252 e. The molecule has 1 aromatic carbocycles. The fraction of sp³-hybridized carbons (Fsp3) is 0.500. The zero-order valence-corrected chi connectivity index (χ0v) is 11.3. The van der Waals surface area contributed by atoms with Gasteiger partial charge in [0.1, 0.15) is 0 Å². The molecule has 0 saturated heterocycles. The van der Waals surface area contributed by atoms with E-state index in [-0.39, 0.29) is 17.9 Å². The second kappa shape index (κ2) is 5.29. The van der Waals surface area contributed by atoms with Gasteiger partial charge in [0.15, 0.2) is 0 Å². The number of rotatable bonds is 5. The Labute approximate surface area is 112 Å². The first-order valence-electron chi connectivity index (χ1n) is 6.22. The van der Waals surface area contributed by atoms with Crippen LogP contribution >= 0.6 is 11.6 Å². The fourth-order valence-electron chi connectivity index (χ4n) is 2.11. The van der Waals surface area contributed by atoms with Crippen LogP contribution < -0.4 is 5.32 Å². The zero-order chi connectivity index (χ0) is 13.2. The van der Waals surface area contributed by atoms with Crippen molar-refractivity contribution in [1.82, 2.24) is 5.32 Å². The van der Waals surface area contributed by atoms with Crippen LogP contribution in [0, 0.1) is 12.3 Å². The SMILES string of the molecule is Cc1cccc(C(=O)NCC2(CCO)CC2)c1Cl. The molecule has 1 fully saturated rings. The van der Waals surface area contributed by atoms with Gasteiger partial charge in [-0.15, -0.1) is 0 Å². The van der Waals surface area contributed by atoms with Crippen LogP contribution in [-0.2, 0) is 0 Å². The summed E-state index contributed by atoms with van der Waals surface area (Å²) >= 11 is 6.11. The second-order valence-corrected chi connectivity index (χ2v) is 5.47. The van der Waals surface area contributed by atoms with E-state index in [1.807, 2.05) is 19.1 Å². The van der Waals surface area contributed by atoms with E-state index in [9.17, 15) is 4.79 Å². The maximum atomic E-state index is 12.0. The molecule has 18 heavy (non-hydrogen) atoms. The third kappa shape index (κ3) is 2.85. The van der Waals surface area contributed by atoms with Crippen LogP contribution in [0.25, 0.3) is 0 Å². The molecule has 1 amide bonds. The van der Waals surface area contributed by atoms with Gasteiger partial charge in [0.25, 0.3) is 5.91 Å².